The molecule has 5 heteroatoms. The first kappa shape index (κ1) is 13.8. The van der Waals surface area contributed by atoms with E-state index in [9.17, 15) is 13.6 Å². The average Bonchev–Trinajstić information content (AvgIpc) is 3.18. The van der Waals surface area contributed by atoms with Crippen molar-refractivity contribution >= 4 is 11.6 Å². The second kappa shape index (κ2) is 5.55. The Morgan fingerprint density at radius 2 is 2.00 bits per heavy atom. The minimum absolute atomic E-state index is 0.0292. The van der Waals surface area contributed by atoms with Gasteiger partial charge in [-0.05, 0) is 30.9 Å². The van der Waals surface area contributed by atoms with E-state index in [-0.39, 0.29) is 11.6 Å². The van der Waals surface area contributed by atoms with E-state index in [2.05, 4.69) is 5.32 Å². The molecule has 0 aromatic heterocycles. The zero-order valence-electron chi connectivity index (χ0n) is 10.9. The second-order valence-electron chi connectivity index (χ2n) is 5.11. The third kappa shape index (κ3) is 3.43. The van der Waals surface area contributed by atoms with Crippen LogP contribution in [0.5, 0.6) is 0 Å². The Morgan fingerprint density at radius 3 is 2.47 bits per heavy atom. The highest BCUT2D eigenvalue weighted by molar-refractivity contribution is 5.94. The summed E-state index contributed by atoms with van der Waals surface area (Å²) in [6, 6.07) is 2.00. The molecule has 1 amide bonds. The standard InChI is InChI=1S/C14H18F2N2O/c1-2-10(5-8-3-4-8)18-14(19)9-6-11(15)13(17)12(16)7-9/h6-8,10H,2-5,17H2,1H3,(H,18,19). The normalized spacial score (nSPS) is 16.2. The van der Waals surface area contributed by atoms with Crippen LogP contribution in [0.1, 0.15) is 43.0 Å². The van der Waals surface area contributed by atoms with E-state index >= 15 is 0 Å². The molecule has 19 heavy (non-hydrogen) atoms. The summed E-state index contributed by atoms with van der Waals surface area (Å²) >= 11 is 0. The van der Waals surface area contributed by atoms with Gasteiger partial charge in [0.25, 0.3) is 5.91 Å². The van der Waals surface area contributed by atoms with Gasteiger partial charge >= 0.3 is 0 Å². The highest BCUT2D eigenvalue weighted by Gasteiger charge is 2.26. The third-order valence-corrected chi connectivity index (χ3v) is 3.48. The third-order valence-electron chi connectivity index (χ3n) is 3.48. The van der Waals surface area contributed by atoms with Gasteiger partial charge in [-0.1, -0.05) is 19.8 Å². The van der Waals surface area contributed by atoms with E-state index in [0.29, 0.717) is 5.92 Å². The van der Waals surface area contributed by atoms with Crippen molar-refractivity contribution in [3.05, 3.63) is 29.3 Å². The maximum atomic E-state index is 13.3. The summed E-state index contributed by atoms with van der Waals surface area (Å²) in [5.74, 6) is -1.57. The maximum Gasteiger partial charge on any atom is 0.251 e. The Kier molecular flexibility index (Phi) is 4.02. The van der Waals surface area contributed by atoms with Gasteiger partial charge in [-0.2, -0.15) is 0 Å². The number of rotatable bonds is 5. The molecule has 1 aromatic rings. The number of anilines is 1. The van der Waals surface area contributed by atoms with Gasteiger partial charge in [-0.25, -0.2) is 8.78 Å². The quantitative estimate of drug-likeness (QED) is 0.807. The van der Waals surface area contributed by atoms with Gasteiger partial charge in [0, 0.05) is 11.6 Å². The number of nitrogen functional groups attached to an aromatic ring is 1. The molecule has 0 spiro atoms. The summed E-state index contributed by atoms with van der Waals surface area (Å²) in [4.78, 5) is 11.9. The molecular formula is C14H18F2N2O. The topological polar surface area (TPSA) is 55.1 Å². The van der Waals surface area contributed by atoms with E-state index < -0.39 is 23.2 Å². The first-order chi connectivity index (χ1) is 9.01. The lowest BCUT2D eigenvalue weighted by Gasteiger charge is -2.16. The highest BCUT2D eigenvalue weighted by Crippen LogP contribution is 2.34. The van der Waals surface area contributed by atoms with Gasteiger partial charge < -0.3 is 11.1 Å². The maximum absolute atomic E-state index is 13.3. The van der Waals surface area contributed by atoms with Crippen molar-refractivity contribution < 1.29 is 13.6 Å². The summed E-state index contributed by atoms with van der Waals surface area (Å²) < 4.78 is 26.6. The Morgan fingerprint density at radius 1 is 1.42 bits per heavy atom. The number of nitrogens with two attached hydrogens (primary N) is 1. The number of benzene rings is 1. The fourth-order valence-electron chi connectivity index (χ4n) is 2.07. The minimum Gasteiger partial charge on any atom is -0.394 e. The summed E-state index contributed by atoms with van der Waals surface area (Å²) in [5.41, 5.74) is 4.59. The summed E-state index contributed by atoms with van der Waals surface area (Å²) in [7, 11) is 0. The van der Waals surface area contributed by atoms with Gasteiger partial charge in [0.15, 0.2) is 0 Å². The van der Waals surface area contributed by atoms with Crippen LogP contribution in [-0.4, -0.2) is 11.9 Å². The van der Waals surface area contributed by atoms with Crippen molar-refractivity contribution in [1.82, 2.24) is 5.32 Å². The molecule has 1 saturated carbocycles. The first-order valence-corrected chi connectivity index (χ1v) is 6.56. The van der Waals surface area contributed by atoms with Gasteiger partial charge in [0.05, 0.1) is 0 Å². The summed E-state index contributed by atoms with van der Waals surface area (Å²) in [6.45, 7) is 1.98. The number of hydrogen-bond donors (Lipinski definition) is 2. The molecule has 0 aliphatic heterocycles. The molecule has 1 aliphatic rings. The zero-order chi connectivity index (χ0) is 14.0. The predicted molar refractivity (Wildman–Crippen MR) is 69.7 cm³/mol. The van der Waals surface area contributed by atoms with E-state index in [4.69, 9.17) is 5.73 Å². The Labute approximate surface area is 111 Å². The molecule has 3 N–H and O–H groups in total. The van der Waals surface area contributed by atoms with Gasteiger partial charge in [-0.15, -0.1) is 0 Å². The van der Waals surface area contributed by atoms with E-state index in [1.165, 1.54) is 12.8 Å². The molecule has 0 saturated heterocycles. The number of nitrogens with one attached hydrogen (secondary N) is 1. The lowest BCUT2D eigenvalue weighted by molar-refractivity contribution is 0.0932. The largest absolute Gasteiger partial charge is 0.394 e. The van der Waals surface area contributed by atoms with Crippen molar-refractivity contribution in [3.63, 3.8) is 0 Å². The zero-order valence-corrected chi connectivity index (χ0v) is 10.9. The van der Waals surface area contributed by atoms with Crippen molar-refractivity contribution in [2.75, 3.05) is 5.73 Å². The Bertz CT molecular complexity index is 463. The van der Waals surface area contributed by atoms with Crippen LogP contribution in [0, 0.1) is 17.6 Å². The monoisotopic (exact) mass is 268 g/mol. The van der Waals surface area contributed by atoms with Crippen molar-refractivity contribution in [1.29, 1.82) is 0 Å². The van der Waals surface area contributed by atoms with Crippen LogP contribution >= 0.6 is 0 Å². The minimum atomic E-state index is -0.902. The molecule has 104 valence electrons. The van der Waals surface area contributed by atoms with Crippen LogP contribution < -0.4 is 11.1 Å². The second-order valence-corrected chi connectivity index (χ2v) is 5.11. The Hall–Kier alpha value is -1.65. The molecule has 0 bridgehead atoms. The number of carbonyl (C=O) groups excluding carboxylic acids is 1. The van der Waals surface area contributed by atoms with Crippen molar-refractivity contribution in [2.24, 2.45) is 5.92 Å². The molecule has 1 unspecified atom stereocenters. The number of halogens is 2. The molecule has 1 fully saturated rings. The van der Waals surface area contributed by atoms with Crippen LogP contribution in [0.15, 0.2) is 12.1 Å². The molecule has 0 heterocycles. The van der Waals surface area contributed by atoms with Gasteiger partial charge in [0.1, 0.15) is 17.3 Å². The molecule has 2 rings (SSSR count). The fraction of sp³-hybridized carbons (Fsp3) is 0.500. The lowest BCUT2D eigenvalue weighted by Crippen LogP contribution is -2.34. The number of hydrogen-bond acceptors (Lipinski definition) is 2. The van der Waals surface area contributed by atoms with Crippen LogP contribution in [-0.2, 0) is 0 Å². The fourth-order valence-corrected chi connectivity index (χ4v) is 2.07. The molecule has 0 radical (unpaired) electrons. The van der Waals surface area contributed by atoms with Gasteiger partial charge in [0.2, 0.25) is 0 Å². The van der Waals surface area contributed by atoms with Crippen molar-refractivity contribution in [2.45, 2.75) is 38.6 Å². The highest BCUT2D eigenvalue weighted by atomic mass is 19.1. The van der Waals surface area contributed by atoms with E-state index in [0.717, 1.165) is 25.0 Å². The van der Waals surface area contributed by atoms with Crippen LogP contribution in [0.25, 0.3) is 0 Å². The number of amides is 1. The van der Waals surface area contributed by atoms with Crippen molar-refractivity contribution in [3.8, 4) is 0 Å². The van der Waals surface area contributed by atoms with E-state index in [1.54, 1.807) is 0 Å². The Balaban J connectivity index is 2.05. The van der Waals surface area contributed by atoms with Crippen LogP contribution in [0.4, 0.5) is 14.5 Å². The molecule has 1 aromatic carbocycles. The lowest BCUT2D eigenvalue weighted by atomic mass is 10.1. The molecule has 1 aliphatic carbocycles. The van der Waals surface area contributed by atoms with E-state index in [1.807, 2.05) is 6.92 Å². The SMILES string of the molecule is CCC(CC1CC1)NC(=O)c1cc(F)c(N)c(F)c1. The molecule has 1 atom stereocenters. The summed E-state index contributed by atoms with van der Waals surface area (Å²) in [5, 5.41) is 2.82. The molecular weight excluding hydrogens is 250 g/mol. The van der Waals surface area contributed by atoms with Crippen LogP contribution in [0.2, 0.25) is 0 Å². The smallest absolute Gasteiger partial charge is 0.251 e. The summed E-state index contributed by atoms with van der Waals surface area (Å²) in [6.07, 6.45) is 4.15. The first-order valence-electron chi connectivity index (χ1n) is 6.56. The number of carbonyl (C=O) groups is 1. The molecule has 3 nitrogen and oxygen atoms in total. The van der Waals surface area contributed by atoms with Gasteiger partial charge in [-0.3, -0.25) is 4.79 Å². The average molecular weight is 268 g/mol. The van der Waals surface area contributed by atoms with Crippen LogP contribution in [0.3, 0.4) is 0 Å². The predicted octanol–water partition coefficient (Wildman–Crippen LogP) is 2.86.